The van der Waals surface area contributed by atoms with Gasteiger partial charge in [0.2, 0.25) is 0 Å². The molecule has 2 aromatic heterocycles. The number of aromatic nitrogens is 2. The minimum atomic E-state index is -0.983. The molecule has 4 rings (SSSR count). The summed E-state index contributed by atoms with van der Waals surface area (Å²) in [5.74, 6) is -0.157. The number of aromatic amines is 1. The molecule has 2 N–H and O–H groups in total. The molecule has 158 valence electrons. The molecule has 30 heavy (non-hydrogen) atoms. The second-order valence-electron chi connectivity index (χ2n) is 8.10. The van der Waals surface area contributed by atoms with Crippen LogP contribution in [0.2, 0.25) is 0 Å². The molecular formula is C23H28N4O2S. The minimum absolute atomic E-state index is 0.157. The van der Waals surface area contributed by atoms with E-state index in [-0.39, 0.29) is 11.2 Å². The predicted molar refractivity (Wildman–Crippen MR) is 120 cm³/mol. The van der Waals surface area contributed by atoms with Gasteiger partial charge >= 0.3 is 0 Å². The summed E-state index contributed by atoms with van der Waals surface area (Å²) in [6.45, 7) is 6.88. The smallest absolute Gasteiger partial charge is 0.267 e. The van der Waals surface area contributed by atoms with Gasteiger partial charge in [0.05, 0.1) is 10.8 Å². The fraction of sp³-hybridized carbons (Fsp3) is 0.391. The third-order valence-electron chi connectivity index (χ3n) is 5.78. The number of hydrogen-bond donors (Lipinski definition) is 2. The molecule has 0 spiro atoms. The number of benzene rings is 1. The lowest BCUT2D eigenvalue weighted by Gasteiger charge is -2.34. The van der Waals surface area contributed by atoms with Gasteiger partial charge in [-0.25, -0.2) is 0 Å². The lowest BCUT2D eigenvalue weighted by Crippen LogP contribution is -2.41. The van der Waals surface area contributed by atoms with Crippen molar-refractivity contribution in [3.8, 4) is 0 Å². The summed E-state index contributed by atoms with van der Waals surface area (Å²) in [6.07, 6.45) is 5.37. The normalized spacial score (nSPS) is 16.8. The van der Waals surface area contributed by atoms with Crippen LogP contribution >= 0.6 is 0 Å². The molecule has 1 fully saturated rings. The molecule has 1 aromatic carbocycles. The predicted octanol–water partition coefficient (Wildman–Crippen LogP) is 3.47. The van der Waals surface area contributed by atoms with Gasteiger partial charge in [-0.1, -0.05) is 12.1 Å². The SMILES string of the molecule is CC(C)N1CCC(S(=O)c2ccc(CNC(=O)c3cc4cnccc4[nH]3)cc2)CC1. The largest absolute Gasteiger partial charge is 0.350 e. The first-order valence-electron chi connectivity index (χ1n) is 10.5. The summed E-state index contributed by atoms with van der Waals surface area (Å²) >= 11 is 0. The molecule has 0 saturated carbocycles. The Bertz CT molecular complexity index is 1000. The lowest BCUT2D eigenvalue weighted by molar-refractivity contribution is 0.0946. The maximum atomic E-state index is 12.9. The number of H-pyrrole nitrogens is 1. The van der Waals surface area contributed by atoms with Crippen molar-refractivity contribution in [2.75, 3.05) is 13.1 Å². The van der Waals surface area contributed by atoms with E-state index in [2.05, 4.69) is 34.0 Å². The van der Waals surface area contributed by atoms with Gasteiger partial charge in [-0.2, -0.15) is 0 Å². The van der Waals surface area contributed by atoms with Gasteiger partial charge < -0.3 is 15.2 Å². The Morgan fingerprint density at radius 3 is 2.63 bits per heavy atom. The molecular weight excluding hydrogens is 396 g/mol. The summed E-state index contributed by atoms with van der Waals surface area (Å²) in [7, 11) is -0.983. The monoisotopic (exact) mass is 424 g/mol. The maximum Gasteiger partial charge on any atom is 0.267 e. The van der Waals surface area contributed by atoms with Crippen LogP contribution < -0.4 is 5.32 Å². The molecule has 3 aromatic rings. The number of nitrogens with one attached hydrogen (secondary N) is 2. The molecule has 0 bridgehead atoms. The number of rotatable bonds is 6. The molecule has 6 nitrogen and oxygen atoms in total. The van der Waals surface area contributed by atoms with Crippen LogP contribution in [0.4, 0.5) is 0 Å². The van der Waals surface area contributed by atoms with Crippen molar-refractivity contribution in [1.29, 1.82) is 0 Å². The number of carbonyl (C=O) groups excluding carboxylic acids is 1. The second-order valence-corrected chi connectivity index (χ2v) is 9.83. The number of hydrogen-bond acceptors (Lipinski definition) is 4. The van der Waals surface area contributed by atoms with E-state index in [1.54, 1.807) is 18.5 Å². The summed E-state index contributed by atoms with van der Waals surface area (Å²) in [5, 5.41) is 4.07. The molecule has 1 saturated heterocycles. The Kier molecular flexibility index (Phi) is 6.29. The number of piperidine rings is 1. The zero-order valence-electron chi connectivity index (χ0n) is 17.4. The van der Waals surface area contributed by atoms with E-state index in [0.29, 0.717) is 18.3 Å². The Labute approximate surface area is 179 Å². The first-order chi connectivity index (χ1) is 14.5. The molecule has 0 radical (unpaired) electrons. The van der Waals surface area contributed by atoms with Gasteiger partial charge in [0, 0.05) is 46.0 Å². The van der Waals surface area contributed by atoms with E-state index in [9.17, 15) is 9.00 Å². The van der Waals surface area contributed by atoms with E-state index in [1.165, 1.54) is 0 Å². The van der Waals surface area contributed by atoms with Crippen molar-refractivity contribution in [2.24, 2.45) is 0 Å². The number of likely N-dealkylation sites (tertiary alicyclic amines) is 1. The highest BCUT2D eigenvalue weighted by Gasteiger charge is 2.25. The van der Waals surface area contributed by atoms with Crippen molar-refractivity contribution in [2.45, 2.75) is 49.4 Å². The number of amides is 1. The first-order valence-corrected chi connectivity index (χ1v) is 11.7. The Morgan fingerprint density at radius 1 is 1.23 bits per heavy atom. The average Bonchev–Trinajstić information content (AvgIpc) is 3.22. The number of pyridine rings is 1. The number of nitrogens with zero attached hydrogens (tertiary/aromatic N) is 2. The van der Waals surface area contributed by atoms with Crippen LogP contribution in [0.15, 0.2) is 53.7 Å². The third-order valence-corrected chi connectivity index (χ3v) is 7.60. The van der Waals surface area contributed by atoms with Gasteiger partial charge in [-0.3, -0.25) is 14.0 Å². The highest BCUT2D eigenvalue weighted by Crippen LogP contribution is 2.22. The number of carbonyl (C=O) groups is 1. The molecule has 1 atom stereocenters. The molecule has 7 heteroatoms. The zero-order valence-corrected chi connectivity index (χ0v) is 18.2. The van der Waals surface area contributed by atoms with Crippen molar-refractivity contribution >= 4 is 27.6 Å². The molecule has 1 aliphatic rings. The minimum Gasteiger partial charge on any atom is -0.350 e. The topological polar surface area (TPSA) is 78.1 Å². The van der Waals surface area contributed by atoms with E-state index < -0.39 is 10.8 Å². The molecule has 3 heterocycles. The van der Waals surface area contributed by atoms with Crippen LogP contribution in [0, 0.1) is 0 Å². The second kappa shape index (κ2) is 9.10. The quantitative estimate of drug-likeness (QED) is 0.635. The first kappa shape index (κ1) is 20.8. The summed E-state index contributed by atoms with van der Waals surface area (Å²) in [6, 6.07) is 12.0. The zero-order chi connectivity index (χ0) is 21.1. The van der Waals surface area contributed by atoms with Crippen LogP contribution in [-0.4, -0.2) is 49.4 Å². The highest BCUT2D eigenvalue weighted by atomic mass is 32.2. The van der Waals surface area contributed by atoms with Gasteiger partial charge in [0.25, 0.3) is 5.91 Å². The van der Waals surface area contributed by atoms with Crippen molar-refractivity contribution < 1.29 is 9.00 Å². The van der Waals surface area contributed by atoms with Crippen molar-refractivity contribution in [3.05, 3.63) is 60.0 Å². The molecule has 1 amide bonds. The standard InChI is InChI=1S/C23H28N4O2S/c1-16(2)27-11-8-20(9-12-27)30(29)19-5-3-17(4-6-19)14-25-23(28)22-13-18-15-24-10-7-21(18)26-22/h3-7,10,13,15-16,20,26H,8-9,11-12,14H2,1-2H3,(H,25,28). The van der Waals surface area contributed by atoms with Gasteiger partial charge in [-0.05, 0) is 69.6 Å². The Morgan fingerprint density at radius 2 is 1.97 bits per heavy atom. The van der Waals surface area contributed by atoms with Gasteiger partial charge in [0.1, 0.15) is 5.69 Å². The van der Waals surface area contributed by atoms with Crippen LogP contribution in [0.25, 0.3) is 10.9 Å². The summed E-state index contributed by atoms with van der Waals surface area (Å²) in [4.78, 5) is 22.9. The highest BCUT2D eigenvalue weighted by molar-refractivity contribution is 7.85. The Hall–Kier alpha value is -2.51. The molecule has 0 aliphatic carbocycles. The van der Waals surface area contributed by atoms with Crippen molar-refractivity contribution in [3.63, 3.8) is 0 Å². The Balaban J connectivity index is 1.32. The van der Waals surface area contributed by atoms with Crippen LogP contribution in [0.3, 0.4) is 0 Å². The summed E-state index contributed by atoms with van der Waals surface area (Å²) < 4.78 is 12.9. The molecule has 1 aliphatic heterocycles. The van der Waals surface area contributed by atoms with Crippen LogP contribution in [0.1, 0.15) is 42.7 Å². The fourth-order valence-corrected chi connectivity index (χ4v) is 5.34. The van der Waals surface area contributed by atoms with Crippen LogP contribution in [-0.2, 0) is 17.3 Å². The van der Waals surface area contributed by atoms with Crippen molar-refractivity contribution in [1.82, 2.24) is 20.2 Å². The van der Waals surface area contributed by atoms with E-state index in [4.69, 9.17) is 0 Å². The number of fused-ring (bicyclic) bond motifs is 1. The maximum absolute atomic E-state index is 12.9. The summed E-state index contributed by atoms with van der Waals surface area (Å²) in [5.41, 5.74) is 2.39. The van der Waals surface area contributed by atoms with E-state index in [0.717, 1.165) is 47.3 Å². The third kappa shape index (κ3) is 4.63. The lowest BCUT2D eigenvalue weighted by atomic mass is 10.1. The van der Waals surface area contributed by atoms with Gasteiger partial charge in [-0.15, -0.1) is 0 Å². The van der Waals surface area contributed by atoms with Gasteiger partial charge in [0.15, 0.2) is 0 Å². The average molecular weight is 425 g/mol. The van der Waals surface area contributed by atoms with E-state index in [1.807, 2.05) is 30.3 Å². The van der Waals surface area contributed by atoms with E-state index >= 15 is 0 Å². The fourth-order valence-electron chi connectivity index (χ4n) is 3.91. The molecule has 1 unspecified atom stereocenters. The van der Waals surface area contributed by atoms with Crippen LogP contribution in [0.5, 0.6) is 0 Å².